The minimum Gasteiger partial charge on any atom is -0.380 e. The lowest BCUT2D eigenvalue weighted by Crippen LogP contribution is -2.35. The van der Waals surface area contributed by atoms with Crippen LogP contribution < -0.4 is 11.1 Å². The van der Waals surface area contributed by atoms with Gasteiger partial charge in [0, 0.05) is 41.1 Å². The van der Waals surface area contributed by atoms with E-state index in [1.807, 2.05) is 13.0 Å². The van der Waals surface area contributed by atoms with Crippen LogP contribution in [0.15, 0.2) is 24.4 Å². The second-order valence-corrected chi connectivity index (χ2v) is 5.61. The summed E-state index contributed by atoms with van der Waals surface area (Å²) in [5.41, 5.74) is 7.91. The molecule has 2 atom stereocenters. The van der Waals surface area contributed by atoms with E-state index in [1.165, 1.54) is 6.07 Å². The number of hydrogen-bond acceptors (Lipinski definition) is 5. The highest BCUT2D eigenvalue weighted by molar-refractivity contribution is 5.99. The van der Waals surface area contributed by atoms with Gasteiger partial charge in [-0.25, -0.2) is 0 Å². The Morgan fingerprint density at radius 1 is 1.38 bits per heavy atom. The first-order valence-electron chi connectivity index (χ1n) is 7.12. The molecule has 0 spiro atoms. The molecule has 110 valence electrons. The Balaban J connectivity index is 2.08. The van der Waals surface area contributed by atoms with E-state index < -0.39 is 0 Å². The molecule has 21 heavy (non-hydrogen) atoms. The van der Waals surface area contributed by atoms with Gasteiger partial charge in [0.05, 0.1) is 10.3 Å². The molecular formula is C15H18N4O2. The van der Waals surface area contributed by atoms with Gasteiger partial charge in [-0.05, 0) is 38.3 Å². The number of non-ortho nitro benzene ring substituents is 1. The molecule has 1 fully saturated rings. The third kappa shape index (κ3) is 2.54. The number of benzene rings is 1. The van der Waals surface area contributed by atoms with Crippen molar-refractivity contribution in [3.8, 4) is 0 Å². The van der Waals surface area contributed by atoms with Gasteiger partial charge in [0.25, 0.3) is 5.69 Å². The van der Waals surface area contributed by atoms with Crippen LogP contribution in [0.5, 0.6) is 0 Å². The predicted octanol–water partition coefficient (Wildman–Crippen LogP) is 2.74. The summed E-state index contributed by atoms with van der Waals surface area (Å²) >= 11 is 0. The number of aryl methyl sites for hydroxylation is 1. The number of nitrogens with one attached hydrogen (secondary N) is 1. The molecule has 1 heterocycles. The molecule has 3 rings (SSSR count). The number of nitro benzene ring substituents is 1. The highest BCUT2D eigenvalue weighted by Gasteiger charge is 2.25. The smallest absolute Gasteiger partial charge is 0.278 e. The zero-order valence-electron chi connectivity index (χ0n) is 11.9. The lowest BCUT2D eigenvalue weighted by atomic mass is 10.1. The lowest BCUT2D eigenvalue weighted by molar-refractivity contribution is -0.383. The zero-order valence-corrected chi connectivity index (χ0v) is 11.9. The van der Waals surface area contributed by atoms with Crippen molar-refractivity contribution >= 4 is 22.1 Å². The Hall–Kier alpha value is -2.21. The normalized spacial score (nSPS) is 21.6. The number of nitrogens with two attached hydrogens (primary N) is 1. The van der Waals surface area contributed by atoms with Gasteiger partial charge in [0.2, 0.25) is 0 Å². The van der Waals surface area contributed by atoms with Crippen LogP contribution in [0.2, 0.25) is 0 Å². The molecule has 0 radical (unpaired) electrons. The number of nitrogens with zero attached hydrogens (tertiary/aromatic N) is 2. The fraction of sp³-hybridized carbons (Fsp3) is 0.400. The SMILES string of the molecule is Cc1cc2c(NC3CCCC3N)ccc([N+](=O)[O-])c2cn1. The third-order valence-electron chi connectivity index (χ3n) is 4.12. The number of rotatable bonds is 3. The van der Waals surface area contributed by atoms with Crippen molar-refractivity contribution in [3.63, 3.8) is 0 Å². The zero-order chi connectivity index (χ0) is 15.0. The van der Waals surface area contributed by atoms with Gasteiger partial charge < -0.3 is 11.1 Å². The molecule has 1 aromatic carbocycles. The van der Waals surface area contributed by atoms with Crippen LogP contribution in [0.3, 0.4) is 0 Å². The number of hydrogen-bond donors (Lipinski definition) is 2. The average molecular weight is 286 g/mol. The molecule has 1 aliphatic rings. The Labute approximate surface area is 122 Å². The summed E-state index contributed by atoms with van der Waals surface area (Å²) in [5.74, 6) is 0. The van der Waals surface area contributed by atoms with Gasteiger partial charge >= 0.3 is 0 Å². The lowest BCUT2D eigenvalue weighted by Gasteiger charge is -2.20. The summed E-state index contributed by atoms with van der Waals surface area (Å²) in [7, 11) is 0. The number of aromatic nitrogens is 1. The van der Waals surface area contributed by atoms with Gasteiger partial charge in [0.15, 0.2) is 0 Å². The van der Waals surface area contributed by atoms with E-state index in [-0.39, 0.29) is 22.7 Å². The molecular weight excluding hydrogens is 268 g/mol. The fourth-order valence-electron chi connectivity index (χ4n) is 2.98. The molecule has 1 aliphatic carbocycles. The first kappa shape index (κ1) is 13.8. The molecule has 0 amide bonds. The van der Waals surface area contributed by atoms with E-state index in [0.29, 0.717) is 5.39 Å². The van der Waals surface area contributed by atoms with E-state index >= 15 is 0 Å². The summed E-state index contributed by atoms with van der Waals surface area (Å²) in [5, 5.41) is 16.0. The van der Waals surface area contributed by atoms with E-state index in [2.05, 4.69) is 10.3 Å². The first-order chi connectivity index (χ1) is 10.1. The summed E-state index contributed by atoms with van der Waals surface area (Å²) in [4.78, 5) is 15.0. The van der Waals surface area contributed by atoms with Crippen molar-refractivity contribution in [2.24, 2.45) is 5.73 Å². The number of nitro groups is 1. The van der Waals surface area contributed by atoms with Crippen molar-refractivity contribution < 1.29 is 4.92 Å². The van der Waals surface area contributed by atoms with E-state index in [4.69, 9.17) is 5.73 Å². The van der Waals surface area contributed by atoms with Crippen LogP contribution in [0.4, 0.5) is 11.4 Å². The Bertz CT molecular complexity index is 701. The second-order valence-electron chi connectivity index (χ2n) is 5.61. The number of pyridine rings is 1. The van der Waals surface area contributed by atoms with Crippen molar-refractivity contribution in [1.82, 2.24) is 4.98 Å². The maximum atomic E-state index is 11.1. The monoisotopic (exact) mass is 286 g/mol. The van der Waals surface area contributed by atoms with Gasteiger partial charge in [0.1, 0.15) is 0 Å². The molecule has 1 saturated carbocycles. The molecule has 2 unspecified atom stereocenters. The molecule has 0 aliphatic heterocycles. The van der Waals surface area contributed by atoms with Crippen LogP contribution >= 0.6 is 0 Å². The standard InChI is InChI=1S/C15H18N4O2/c1-9-7-10-11(8-17-9)15(19(20)21)6-5-13(10)18-14-4-2-3-12(14)16/h5-8,12,14,18H,2-4,16H2,1H3. The average Bonchev–Trinajstić information content (AvgIpc) is 2.84. The molecule has 2 aromatic rings. The van der Waals surface area contributed by atoms with Crippen molar-refractivity contribution in [1.29, 1.82) is 0 Å². The fourth-order valence-corrected chi connectivity index (χ4v) is 2.98. The van der Waals surface area contributed by atoms with Gasteiger partial charge in [-0.15, -0.1) is 0 Å². The van der Waals surface area contributed by atoms with Crippen LogP contribution in [0, 0.1) is 17.0 Å². The maximum Gasteiger partial charge on any atom is 0.278 e. The Kier molecular flexibility index (Phi) is 3.47. The third-order valence-corrected chi connectivity index (χ3v) is 4.12. The second kappa shape index (κ2) is 5.29. The summed E-state index contributed by atoms with van der Waals surface area (Å²) in [6, 6.07) is 5.54. The molecule has 6 heteroatoms. The highest BCUT2D eigenvalue weighted by Crippen LogP contribution is 2.33. The first-order valence-corrected chi connectivity index (χ1v) is 7.12. The van der Waals surface area contributed by atoms with Gasteiger partial charge in [-0.2, -0.15) is 0 Å². The van der Waals surface area contributed by atoms with E-state index in [9.17, 15) is 10.1 Å². The summed E-state index contributed by atoms with van der Waals surface area (Å²) in [6.07, 6.45) is 4.74. The van der Waals surface area contributed by atoms with Crippen LogP contribution in [0.1, 0.15) is 25.0 Å². The van der Waals surface area contributed by atoms with Crippen molar-refractivity contribution in [3.05, 3.63) is 40.2 Å². The number of anilines is 1. The van der Waals surface area contributed by atoms with Gasteiger partial charge in [-0.1, -0.05) is 0 Å². The summed E-state index contributed by atoms with van der Waals surface area (Å²) in [6.45, 7) is 1.88. The highest BCUT2D eigenvalue weighted by atomic mass is 16.6. The predicted molar refractivity (Wildman–Crippen MR) is 82.4 cm³/mol. The largest absolute Gasteiger partial charge is 0.380 e. The van der Waals surface area contributed by atoms with Gasteiger partial charge in [-0.3, -0.25) is 15.1 Å². The number of fused-ring (bicyclic) bond motifs is 1. The van der Waals surface area contributed by atoms with Crippen molar-refractivity contribution in [2.75, 3.05) is 5.32 Å². The quantitative estimate of drug-likeness (QED) is 0.668. The molecule has 3 N–H and O–H groups in total. The van der Waals surface area contributed by atoms with Crippen LogP contribution in [0.25, 0.3) is 10.8 Å². The molecule has 0 saturated heterocycles. The van der Waals surface area contributed by atoms with Crippen molar-refractivity contribution in [2.45, 2.75) is 38.3 Å². The van der Waals surface area contributed by atoms with Crippen LogP contribution in [-0.2, 0) is 0 Å². The van der Waals surface area contributed by atoms with E-state index in [1.54, 1.807) is 12.3 Å². The Morgan fingerprint density at radius 2 is 2.19 bits per heavy atom. The Morgan fingerprint density at radius 3 is 2.86 bits per heavy atom. The topological polar surface area (TPSA) is 94.1 Å². The van der Waals surface area contributed by atoms with E-state index in [0.717, 1.165) is 36.0 Å². The summed E-state index contributed by atoms with van der Waals surface area (Å²) < 4.78 is 0. The molecule has 6 nitrogen and oxygen atoms in total. The molecule has 0 bridgehead atoms. The maximum absolute atomic E-state index is 11.1. The minimum absolute atomic E-state index is 0.0822. The minimum atomic E-state index is -0.371. The molecule has 1 aromatic heterocycles. The van der Waals surface area contributed by atoms with Crippen LogP contribution in [-0.4, -0.2) is 22.0 Å².